The smallest absolute Gasteiger partial charge is 0.251 e. The molecule has 1 fully saturated rings. The summed E-state index contributed by atoms with van der Waals surface area (Å²) in [6.45, 7) is 2.24. The fourth-order valence-electron chi connectivity index (χ4n) is 3.23. The quantitative estimate of drug-likeness (QED) is 0.811. The predicted octanol–water partition coefficient (Wildman–Crippen LogP) is 3.07. The Kier molecular flexibility index (Phi) is 5.78. The molecule has 1 amide bonds. The number of benzene rings is 1. The van der Waals surface area contributed by atoms with Crippen LogP contribution >= 0.6 is 0 Å². The van der Waals surface area contributed by atoms with E-state index in [1.807, 2.05) is 0 Å². The highest BCUT2D eigenvalue weighted by Gasteiger charge is 2.23. The van der Waals surface area contributed by atoms with Crippen molar-refractivity contribution in [1.82, 2.24) is 10.0 Å². The van der Waals surface area contributed by atoms with Crippen molar-refractivity contribution in [1.29, 1.82) is 0 Å². The molecule has 0 unspecified atom stereocenters. The van der Waals surface area contributed by atoms with Gasteiger partial charge in [0.15, 0.2) is 0 Å². The van der Waals surface area contributed by atoms with Gasteiger partial charge in [-0.2, -0.15) is 0 Å². The Balaban J connectivity index is 1.62. The standard InChI is InChI=1S/C19H24N2O4S/c1-14-5-2-3-7-18(14)21-19(22)15-8-10-17(11-9-15)26(23,24)20-13-16-6-4-12-25-16/h4,6,8-12,14,18,20H,2-3,5,7,13H2,1H3,(H,21,22)/t14-,18-/m1/s1. The number of sulfonamides is 1. The lowest BCUT2D eigenvalue weighted by atomic mass is 9.86. The average molecular weight is 376 g/mol. The molecule has 1 aliphatic carbocycles. The molecule has 0 radical (unpaired) electrons. The van der Waals surface area contributed by atoms with Crippen molar-refractivity contribution < 1.29 is 17.6 Å². The molecule has 7 heteroatoms. The molecule has 0 saturated heterocycles. The van der Waals surface area contributed by atoms with E-state index in [0.717, 1.165) is 19.3 Å². The molecule has 6 nitrogen and oxygen atoms in total. The van der Waals surface area contributed by atoms with Gasteiger partial charge in [0.1, 0.15) is 5.76 Å². The maximum atomic E-state index is 12.4. The molecule has 1 heterocycles. The van der Waals surface area contributed by atoms with E-state index in [4.69, 9.17) is 4.42 Å². The highest BCUT2D eigenvalue weighted by molar-refractivity contribution is 7.89. The third-order valence-electron chi connectivity index (χ3n) is 4.87. The fraction of sp³-hybridized carbons (Fsp3) is 0.421. The van der Waals surface area contributed by atoms with Crippen LogP contribution in [-0.4, -0.2) is 20.4 Å². The van der Waals surface area contributed by atoms with Crippen molar-refractivity contribution >= 4 is 15.9 Å². The van der Waals surface area contributed by atoms with Crippen LogP contribution in [0.1, 0.15) is 48.7 Å². The normalized spacial score (nSPS) is 20.7. The molecule has 1 aromatic heterocycles. The second-order valence-corrected chi connectivity index (χ2v) is 8.54. The molecule has 2 atom stereocenters. The first-order valence-electron chi connectivity index (χ1n) is 8.89. The second kappa shape index (κ2) is 8.05. The zero-order valence-corrected chi connectivity index (χ0v) is 15.6. The van der Waals surface area contributed by atoms with E-state index < -0.39 is 10.0 Å². The summed E-state index contributed by atoms with van der Waals surface area (Å²) in [4.78, 5) is 12.5. The minimum atomic E-state index is -3.66. The lowest BCUT2D eigenvalue weighted by Crippen LogP contribution is -2.41. The summed E-state index contributed by atoms with van der Waals surface area (Å²) in [5.41, 5.74) is 0.466. The van der Waals surface area contributed by atoms with Crippen LogP contribution in [0.5, 0.6) is 0 Å². The number of rotatable bonds is 6. The van der Waals surface area contributed by atoms with Crippen LogP contribution in [0.25, 0.3) is 0 Å². The highest BCUT2D eigenvalue weighted by Crippen LogP contribution is 2.24. The summed E-state index contributed by atoms with van der Waals surface area (Å²) < 4.78 is 32.2. The zero-order valence-electron chi connectivity index (χ0n) is 14.8. The van der Waals surface area contributed by atoms with Crippen LogP contribution in [-0.2, 0) is 16.6 Å². The molecule has 26 heavy (non-hydrogen) atoms. The number of nitrogens with one attached hydrogen (secondary N) is 2. The molecule has 0 aliphatic heterocycles. The number of furan rings is 1. The monoisotopic (exact) mass is 376 g/mol. The van der Waals surface area contributed by atoms with Gasteiger partial charge in [-0.25, -0.2) is 13.1 Å². The van der Waals surface area contributed by atoms with Crippen LogP contribution in [0.15, 0.2) is 52.0 Å². The third kappa shape index (κ3) is 4.53. The summed E-state index contributed by atoms with van der Waals surface area (Å²) >= 11 is 0. The minimum absolute atomic E-state index is 0.0805. The van der Waals surface area contributed by atoms with E-state index in [1.165, 1.54) is 24.8 Å². The predicted molar refractivity (Wildman–Crippen MR) is 98.1 cm³/mol. The summed E-state index contributed by atoms with van der Waals surface area (Å²) in [6, 6.07) is 9.57. The van der Waals surface area contributed by atoms with Crippen molar-refractivity contribution in [2.45, 2.75) is 50.1 Å². The van der Waals surface area contributed by atoms with Gasteiger partial charge in [-0.15, -0.1) is 0 Å². The van der Waals surface area contributed by atoms with Crippen LogP contribution in [0.4, 0.5) is 0 Å². The lowest BCUT2D eigenvalue weighted by Gasteiger charge is -2.29. The maximum Gasteiger partial charge on any atom is 0.251 e. The van der Waals surface area contributed by atoms with Crippen molar-refractivity contribution in [2.24, 2.45) is 5.92 Å². The van der Waals surface area contributed by atoms with Crippen LogP contribution in [0.2, 0.25) is 0 Å². The topological polar surface area (TPSA) is 88.4 Å². The van der Waals surface area contributed by atoms with E-state index in [2.05, 4.69) is 17.0 Å². The molecule has 2 N–H and O–H groups in total. The first-order valence-corrected chi connectivity index (χ1v) is 10.4. The lowest BCUT2D eigenvalue weighted by molar-refractivity contribution is 0.0910. The van der Waals surface area contributed by atoms with E-state index in [-0.39, 0.29) is 23.4 Å². The summed E-state index contributed by atoms with van der Waals surface area (Å²) in [7, 11) is -3.66. The van der Waals surface area contributed by atoms with Gasteiger partial charge in [0, 0.05) is 11.6 Å². The number of amides is 1. The first-order chi connectivity index (χ1) is 12.5. The van der Waals surface area contributed by atoms with E-state index in [1.54, 1.807) is 24.3 Å². The Morgan fingerprint density at radius 1 is 1.15 bits per heavy atom. The van der Waals surface area contributed by atoms with Crippen molar-refractivity contribution in [3.05, 3.63) is 54.0 Å². The molecule has 1 aromatic carbocycles. The molecule has 1 aliphatic rings. The third-order valence-corrected chi connectivity index (χ3v) is 6.29. The summed E-state index contributed by atoms with van der Waals surface area (Å²) in [5, 5.41) is 3.07. The van der Waals surface area contributed by atoms with Crippen molar-refractivity contribution in [3.8, 4) is 0 Å². The Bertz CT molecular complexity index is 829. The van der Waals surface area contributed by atoms with Gasteiger partial charge in [-0.3, -0.25) is 4.79 Å². The minimum Gasteiger partial charge on any atom is -0.468 e. The van der Waals surface area contributed by atoms with Gasteiger partial charge in [-0.1, -0.05) is 19.8 Å². The van der Waals surface area contributed by atoms with Gasteiger partial charge in [-0.05, 0) is 55.2 Å². The van der Waals surface area contributed by atoms with Crippen LogP contribution in [0.3, 0.4) is 0 Å². The summed E-state index contributed by atoms with van der Waals surface area (Å²) in [5.74, 6) is 0.848. The van der Waals surface area contributed by atoms with Crippen LogP contribution in [0, 0.1) is 5.92 Å². The molecular weight excluding hydrogens is 352 g/mol. The highest BCUT2D eigenvalue weighted by atomic mass is 32.2. The van der Waals surface area contributed by atoms with Gasteiger partial charge in [0.2, 0.25) is 10.0 Å². The van der Waals surface area contributed by atoms with E-state index >= 15 is 0 Å². The fourth-order valence-corrected chi connectivity index (χ4v) is 4.22. The molecule has 140 valence electrons. The SMILES string of the molecule is C[C@@H]1CCCC[C@H]1NC(=O)c1ccc(S(=O)(=O)NCc2ccco2)cc1. The number of hydrogen-bond acceptors (Lipinski definition) is 4. The maximum absolute atomic E-state index is 12.4. The molecular formula is C19H24N2O4S. The largest absolute Gasteiger partial charge is 0.468 e. The number of carbonyl (C=O) groups is 1. The van der Waals surface area contributed by atoms with E-state index in [0.29, 0.717) is 17.2 Å². The Morgan fingerprint density at radius 3 is 2.54 bits per heavy atom. The van der Waals surface area contributed by atoms with Crippen molar-refractivity contribution in [2.75, 3.05) is 0 Å². The van der Waals surface area contributed by atoms with Gasteiger partial charge >= 0.3 is 0 Å². The molecule has 2 aromatic rings. The molecule has 0 bridgehead atoms. The Morgan fingerprint density at radius 2 is 1.88 bits per heavy atom. The zero-order chi connectivity index (χ0) is 18.6. The Labute approximate surface area is 154 Å². The average Bonchev–Trinajstić information content (AvgIpc) is 3.16. The van der Waals surface area contributed by atoms with Gasteiger partial charge in [0.05, 0.1) is 17.7 Å². The number of hydrogen-bond donors (Lipinski definition) is 2. The van der Waals surface area contributed by atoms with Gasteiger partial charge < -0.3 is 9.73 Å². The van der Waals surface area contributed by atoms with Crippen LogP contribution < -0.4 is 10.0 Å². The molecule has 1 saturated carbocycles. The van der Waals surface area contributed by atoms with E-state index in [9.17, 15) is 13.2 Å². The second-order valence-electron chi connectivity index (χ2n) is 6.77. The summed E-state index contributed by atoms with van der Waals surface area (Å²) in [6.07, 6.45) is 5.96. The molecule has 3 rings (SSSR count). The first kappa shape index (κ1) is 18.7. The Hall–Kier alpha value is -2.12. The molecule has 0 spiro atoms. The number of carbonyl (C=O) groups excluding carboxylic acids is 1. The van der Waals surface area contributed by atoms with Crippen molar-refractivity contribution in [3.63, 3.8) is 0 Å². The van der Waals surface area contributed by atoms with Gasteiger partial charge in [0.25, 0.3) is 5.91 Å².